The van der Waals surface area contributed by atoms with Crippen molar-refractivity contribution in [2.24, 2.45) is 10.7 Å². The van der Waals surface area contributed by atoms with Crippen LogP contribution in [-0.4, -0.2) is 21.8 Å². The molecule has 1 aliphatic rings. The Morgan fingerprint density at radius 1 is 1.29 bits per heavy atom. The molecule has 1 aromatic heterocycles. The third kappa shape index (κ3) is 3.42. The molecule has 0 atom stereocenters. The molecular formula is C16H21N5. The Morgan fingerprint density at radius 3 is 2.86 bits per heavy atom. The van der Waals surface area contributed by atoms with Gasteiger partial charge < -0.3 is 11.1 Å². The lowest BCUT2D eigenvalue weighted by Crippen LogP contribution is -2.38. The van der Waals surface area contributed by atoms with Gasteiger partial charge in [-0.15, -0.1) is 0 Å². The van der Waals surface area contributed by atoms with Gasteiger partial charge in [-0.3, -0.25) is 0 Å². The molecule has 21 heavy (non-hydrogen) atoms. The second kappa shape index (κ2) is 6.43. The number of nitrogens with zero attached hydrogens (tertiary/aromatic N) is 3. The molecule has 0 radical (unpaired) electrons. The van der Waals surface area contributed by atoms with Gasteiger partial charge in [0.2, 0.25) is 0 Å². The number of para-hydroxylation sites is 1. The van der Waals surface area contributed by atoms with E-state index in [0.717, 1.165) is 11.3 Å². The topological polar surface area (TPSA) is 68.2 Å². The SMILES string of the molecule is NC(=NCc1ccccc1-n1cccn1)NC1CCCC1. The lowest BCUT2D eigenvalue weighted by molar-refractivity contribution is 0.625. The molecule has 3 N–H and O–H groups in total. The second-order valence-corrected chi connectivity index (χ2v) is 5.41. The van der Waals surface area contributed by atoms with E-state index in [2.05, 4.69) is 21.5 Å². The average Bonchev–Trinajstić information content (AvgIpc) is 3.18. The summed E-state index contributed by atoms with van der Waals surface area (Å²) in [6.45, 7) is 0.557. The van der Waals surface area contributed by atoms with Gasteiger partial charge in [-0.2, -0.15) is 5.10 Å². The maximum atomic E-state index is 5.99. The third-order valence-corrected chi connectivity index (χ3v) is 3.87. The van der Waals surface area contributed by atoms with Crippen LogP contribution >= 0.6 is 0 Å². The summed E-state index contributed by atoms with van der Waals surface area (Å²) in [6, 6.07) is 10.5. The quantitative estimate of drug-likeness (QED) is 0.668. The van der Waals surface area contributed by atoms with E-state index in [1.807, 2.05) is 35.1 Å². The van der Waals surface area contributed by atoms with Crippen LogP contribution in [0.15, 0.2) is 47.7 Å². The predicted octanol–water partition coefficient (Wildman–Crippen LogP) is 2.22. The molecule has 3 rings (SSSR count). The Balaban J connectivity index is 1.70. The summed E-state index contributed by atoms with van der Waals surface area (Å²) in [7, 11) is 0. The Bertz CT molecular complexity index is 597. The van der Waals surface area contributed by atoms with Gasteiger partial charge in [0.05, 0.1) is 12.2 Å². The zero-order chi connectivity index (χ0) is 14.5. The molecule has 0 bridgehead atoms. The first kappa shape index (κ1) is 13.7. The van der Waals surface area contributed by atoms with Crippen LogP contribution in [0.1, 0.15) is 31.2 Å². The minimum Gasteiger partial charge on any atom is -0.370 e. The normalized spacial score (nSPS) is 16.3. The molecule has 1 heterocycles. The van der Waals surface area contributed by atoms with Gasteiger partial charge in [0.25, 0.3) is 0 Å². The molecule has 0 spiro atoms. The van der Waals surface area contributed by atoms with Gasteiger partial charge in [0.1, 0.15) is 0 Å². The monoisotopic (exact) mass is 283 g/mol. The van der Waals surface area contributed by atoms with Gasteiger partial charge in [-0.25, -0.2) is 9.67 Å². The molecular weight excluding hydrogens is 262 g/mol. The Labute approximate surface area is 124 Å². The van der Waals surface area contributed by atoms with Crippen molar-refractivity contribution in [3.63, 3.8) is 0 Å². The van der Waals surface area contributed by atoms with Gasteiger partial charge in [-0.1, -0.05) is 31.0 Å². The Morgan fingerprint density at radius 2 is 2.10 bits per heavy atom. The van der Waals surface area contributed by atoms with Crippen LogP contribution in [0.2, 0.25) is 0 Å². The first-order valence-corrected chi connectivity index (χ1v) is 7.47. The number of aliphatic imine (C=N–C) groups is 1. The fraction of sp³-hybridized carbons (Fsp3) is 0.375. The highest BCUT2D eigenvalue weighted by Crippen LogP contribution is 2.17. The van der Waals surface area contributed by atoms with Crippen LogP contribution in [0.3, 0.4) is 0 Å². The predicted molar refractivity (Wildman–Crippen MR) is 84.3 cm³/mol. The summed E-state index contributed by atoms with van der Waals surface area (Å²) in [5.74, 6) is 0.539. The van der Waals surface area contributed by atoms with E-state index in [-0.39, 0.29) is 0 Å². The number of hydrogen-bond donors (Lipinski definition) is 2. The van der Waals surface area contributed by atoms with Crippen molar-refractivity contribution in [1.82, 2.24) is 15.1 Å². The zero-order valence-electron chi connectivity index (χ0n) is 12.1. The van der Waals surface area contributed by atoms with Gasteiger partial charge in [0.15, 0.2) is 5.96 Å². The highest BCUT2D eigenvalue weighted by atomic mass is 15.3. The van der Waals surface area contributed by atoms with E-state index in [9.17, 15) is 0 Å². The van der Waals surface area contributed by atoms with Crippen LogP contribution in [0.5, 0.6) is 0 Å². The standard InChI is InChI=1S/C16H21N5/c17-16(20-14-7-2-3-8-14)18-12-13-6-1-4-9-15(13)21-11-5-10-19-21/h1,4-6,9-11,14H,2-3,7-8,12H2,(H3,17,18,20). The molecule has 1 aromatic carbocycles. The first-order valence-electron chi connectivity index (χ1n) is 7.47. The summed E-state index contributed by atoms with van der Waals surface area (Å²) in [5.41, 5.74) is 8.14. The Hall–Kier alpha value is -2.30. The van der Waals surface area contributed by atoms with Crippen LogP contribution in [0.25, 0.3) is 5.69 Å². The number of benzene rings is 1. The molecule has 5 heteroatoms. The maximum Gasteiger partial charge on any atom is 0.189 e. The number of hydrogen-bond acceptors (Lipinski definition) is 2. The number of guanidine groups is 1. The minimum atomic E-state index is 0.495. The van der Waals surface area contributed by atoms with E-state index < -0.39 is 0 Å². The van der Waals surface area contributed by atoms with E-state index in [4.69, 9.17) is 5.73 Å². The Kier molecular flexibility index (Phi) is 4.19. The fourth-order valence-corrected chi connectivity index (χ4v) is 2.77. The largest absolute Gasteiger partial charge is 0.370 e. The van der Waals surface area contributed by atoms with Crippen LogP contribution in [0.4, 0.5) is 0 Å². The number of rotatable bonds is 4. The number of nitrogens with two attached hydrogens (primary N) is 1. The third-order valence-electron chi connectivity index (χ3n) is 3.87. The smallest absolute Gasteiger partial charge is 0.189 e. The molecule has 2 aromatic rings. The van der Waals surface area contributed by atoms with E-state index in [0.29, 0.717) is 18.5 Å². The van der Waals surface area contributed by atoms with Crippen molar-refractivity contribution >= 4 is 5.96 Å². The molecule has 1 aliphatic carbocycles. The first-order chi connectivity index (χ1) is 10.3. The molecule has 1 saturated carbocycles. The van der Waals surface area contributed by atoms with Crippen molar-refractivity contribution in [3.05, 3.63) is 48.3 Å². The zero-order valence-corrected chi connectivity index (χ0v) is 12.1. The fourth-order valence-electron chi connectivity index (χ4n) is 2.77. The molecule has 0 unspecified atom stereocenters. The lowest BCUT2D eigenvalue weighted by atomic mass is 10.2. The molecule has 5 nitrogen and oxygen atoms in total. The summed E-state index contributed by atoms with van der Waals surface area (Å²) >= 11 is 0. The highest BCUT2D eigenvalue weighted by molar-refractivity contribution is 5.78. The molecule has 0 amide bonds. The van der Waals surface area contributed by atoms with E-state index in [1.54, 1.807) is 6.20 Å². The molecule has 1 fully saturated rings. The van der Waals surface area contributed by atoms with Crippen molar-refractivity contribution in [2.45, 2.75) is 38.3 Å². The van der Waals surface area contributed by atoms with Gasteiger partial charge >= 0.3 is 0 Å². The maximum absolute atomic E-state index is 5.99. The van der Waals surface area contributed by atoms with Crippen LogP contribution < -0.4 is 11.1 Å². The van der Waals surface area contributed by atoms with Crippen molar-refractivity contribution < 1.29 is 0 Å². The van der Waals surface area contributed by atoms with Crippen molar-refractivity contribution in [3.8, 4) is 5.69 Å². The molecule has 110 valence electrons. The lowest BCUT2D eigenvalue weighted by Gasteiger charge is -2.13. The van der Waals surface area contributed by atoms with Gasteiger partial charge in [0, 0.05) is 18.4 Å². The van der Waals surface area contributed by atoms with Gasteiger partial charge in [-0.05, 0) is 30.5 Å². The van der Waals surface area contributed by atoms with Crippen LogP contribution in [-0.2, 0) is 6.54 Å². The summed E-state index contributed by atoms with van der Waals surface area (Å²) in [4.78, 5) is 4.47. The highest BCUT2D eigenvalue weighted by Gasteiger charge is 2.14. The average molecular weight is 283 g/mol. The van der Waals surface area contributed by atoms with E-state index in [1.165, 1.54) is 25.7 Å². The number of nitrogens with one attached hydrogen (secondary N) is 1. The number of aromatic nitrogens is 2. The van der Waals surface area contributed by atoms with Crippen molar-refractivity contribution in [2.75, 3.05) is 0 Å². The second-order valence-electron chi connectivity index (χ2n) is 5.41. The summed E-state index contributed by atoms with van der Waals surface area (Å²) < 4.78 is 1.85. The van der Waals surface area contributed by atoms with Crippen LogP contribution in [0, 0.1) is 0 Å². The summed E-state index contributed by atoms with van der Waals surface area (Å²) in [6.07, 6.45) is 8.67. The van der Waals surface area contributed by atoms with E-state index >= 15 is 0 Å². The summed E-state index contributed by atoms with van der Waals surface area (Å²) in [5, 5.41) is 7.59. The molecule has 0 aliphatic heterocycles. The minimum absolute atomic E-state index is 0.495. The molecule has 0 saturated heterocycles. The van der Waals surface area contributed by atoms with Crippen molar-refractivity contribution in [1.29, 1.82) is 0 Å².